The SMILES string of the molecule is Cc1ccc(-c2cnn3c(Nc4ccc(Cl)c(Cl)c4)cc(C)nc23)cc1. The molecular formula is C20H16Cl2N4. The van der Waals surface area contributed by atoms with Crippen LogP contribution in [0.5, 0.6) is 0 Å². The van der Waals surface area contributed by atoms with Crippen LogP contribution in [0, 0.1) is 13.8 Å². The number of aromatic nitrogens is 3. The lowest BCUT2D eigenvalue weighted by molar-refractivity contribution is 0.938. The van der Waals surface area contributed by atoms with E-state index in [4.69, 9.17) is 23.2 Å². The lowest BCUT2D eigenvalue weighted by Crippen LogP contribution is -2.02. The van der Waals surface area contributed by atoms with Crippen LogP contribution in [0.15, 0.2) is 54.7 Å². The average molecular weight is 383 g/mol. The van der Waals surface area contributed by atoms with Crippen molar-refractivity contribution in [3.8, 4) is 11.1 Å². The number of aryl methyl sites for hydroxylation is 2. The first-order valence-corrected chi connectivity index (χ1v) is 8.91. The topological polar surface area (TPSA) is 42.2 Å². The minimum Gasteiger partial charge on any atom is -0.340 e. The molecular weight excluding hydrogens is 367 g/mol. The summed E-state index contributed by atoms with van der Waals surface area (Å²) >= 11 is 12.1. The van der Waals surface area contributed by atoms with Crippen molar-refractivity contribution in [3.05, 3.63) is 76.0 Å². The van der Waals surface area contributed by atoms with Gasteiger partial charge in [0, 0.05) is 23.0 Å². The molecule has 0 aliphatic rings. The molecule has 0 aliphatic heterocycles. The third-order valence-electron chi connectivity index (χ3n) is 4.15. The molecule has 0 spiro atoms. The Bertz CT molecular complexity index is 1100. The van der Waals surface area contributed by atoms with Gasteiger partial charge in [-0.15, -0.1) is 0 Å². The maximum absolute atomic E-state index is 6.12. The lowest BCUT2D eigenvalue weighted by atomic mass is 10.1. The molecule has 130 valence electrons. The second kappa shape index (κ2) is 6.63. The molecule has 0 amide bonds. The van der Waals surface area contributed by atoms with Crippen LogP contribution in [0.4, 0.5) is 11.5 Å². The fourth-order valence-electron chi connectivity index (χ4n) is 2.83. The lowest BCUT2D eigenvalue weighted by Gasteiger charge is -2.10. The Hall–Kier alpha value is -2.56. The predicted octanol–water partition coefficient (Wildman–Crippen LogP) is 6.06. The average Bonchev–Trinajstić information content (AvgIpc) is 3.03. The molecule has 0 atom stereocenters. The largest absolute Gasteiger partial charge is 0.340 e. The summed E-state index contributed by atoms with van der Waals surface area (Å²) in [5.74, 6) is 0.809. The fourth-order valence-corrected chi connectivity index (χ4v) is 3.13. The van der Waals surface area contributed by atoms with Crippen LogP contribution < -0.4 is 5.32 Å². The van der Waals surface area contributed by atoms with Crippen molar-refractivity contribution in [3.63, 3.8) is 0 Å². The Morgan fingerprint density at radius 1 is 0.923 bits per heavy atom. The Kier molecular flexibility index (Phi) is 4.31. The quantitative estimate of drug-likeness (QED) is 0.467. The van der Waals surface area contributed by atoms with Gasteiger partial charge in [0.15, 0.2) is 5.65 Å². The number of nitrogens with zero attached hydrogens (tertiary/aromatic N) is 3. The van der Waals surface area contributed by atoms with Crippen LogP contribution in [-0.4, -0.2) is 14.6 Å². The minimum atomic E-state index is 0.500. The van der Waals surface area contributed by atoms with Gasteiger partial charge in [-0.05, 0) is 37.6 Å². The molecule has 2 heterocycles. The molecule has 4 nitrogen and oxygen atoms in total. The van der Waals surface area contributed by atoms with E-state index < -0.39 is 0 Å². The minimum absolute atomic E-state index is 0.500. The van der Waals surface area contributed by atoms with Crippen molar-refractivity contribution in [2.45, 2.75) is 13.8 Å². The van der Waals surface area contributed by atoms with E-state index in [9.17, 15) is 0 Å². The first-order valence-electron chi connectivity index (χ1n) is 8.16. The monoisotopic (exact) mass is 382 g/mol. The van der Waals surface area contributed by atoms with Crippen molar-refractivity contribution in [2.24, 2.45) is 0 Å². The maximum atomic E-state index is 6.12. The summed E-state index contributed by atoms with van der Waals surface area (Å²) in [4.78, 5) is 4.68. The van der Waals surface area contributed by atoms with Crippen molar-refractivity contribution < 1.29 is 0 Å². The van der Waals surface area contributed by atoms with Gasteiger partial charge in [0.25, 0.3) is 0 Å². The Balaban J connectivity index is 1.81. The van der Waals surface area contributed by atoms with E-state index in [2.05, 4.69) is 46.6 Å². The fraction of sp³-hybridized carbons (Fsp3) is 0.100. The second-order valence-electron chi connectivity index (χ2n) is 6.20. The number of halogens is 2. The molecule has 0 radical (unpaired) electrons. The molecule has 2 aromatic carbocycles. The maximum Gasteiger partial charge on any atom is 0.165 e. The first kappa shape index (κ1) is 16.9. The van der Waals surface area contributed by atoms with Gasteiger partial charge in [0.1, 0.15) is 5.82 Å². The van der Waals surface area contributed by atoms with E-state index in [0.29, 0.717) is 10.0 Å². The molecule has 0 fully saturated rings. The Morgan fingerprint density at radius 3 is 2.42 bits per heavy atom. The summed E-state index contributed by atoms with van der Waals surface area (Å²) < 4.78 is 1.80. The third-order valence-corrected chi connectivity index (χ3v) is 4.89. The smallest absolute Gasteiger partial charge is 0.165 e. The number of anilines is 2. The van der Waals surface area contributed by atoms with E-state index in [0.717, 1.165) is 34.0 Å². The zero-order valence-electron chi connectivity index (χ0n) is 14.3. The molecule has 0 unspecified atom stereocenters. The normalized spacial score (nSPS) is 11.1. The number of rotatable bonds is 3. The summed E-state index contributed by atoms with van der Waals surface area (Å²) in [6.45, 7) is 4.04. The summed E-state index contributed by atoms with van der Waals surface area (Å²) in [5.41, 5.74) is 5.83. The van der Waals surface area contributed by atoms with Crippen LogP contribution in [0.1, 0.15) is 11.3 Å². The van der Waals surface area contributed by atoms with Crippen LogP contribution in [0.25, 0.3) is 16.8 Å². The number of nitrogens with one attached hydrogen (secondary N) is 1. The highest BCUT2D eigenvalue weighted by molar-refractivity contribution is 6.42. The molecule has 2 aromatic heterocycles. The summed E-state index contributed by atoms with van der Waals surface area (Å²) in [5, 5.41) is 8.90. The van der Waals surface area contributed by atoms with Crippen LogP contribution in [0.3, 0.4) is 0 Å². The van der Waals surface area contributed by atoms with Crippen LogP contribution in [-0.2, 0) is 0 Å². The van der Waals surface area contributed by atoms with Gasteiger partial charge in [-0.2, -0.15) is 9.61 Å². The van der Waals surface area contributed by atoms with Crippen LogP contribution in [0.2, 0.25) is 10.0 Å². The van der Waals surface area contributed by atoms with Crippen LogP contribution >= 0.6 is 23.2 Å². The third kappa shape index (κ3) is 3.14. The van der Waals surface area contributed by atoms with Gasteiger partial charge >= 0.3 is 0 Å². The molecule has 0 saturated carbocycles. The van der Waals surface area contributed by atoms with E-state index in [1.807, 2.05) is 25.3 Å². The van der Waals surface area contributed by atoms with Gasteiger partial charge < -0.3 is 5.32 Å². The first-order chi connectivity index (χ1) is 12.5. The molecule has 4 aromatic rings. The highest BCUT2D eigenvalue weighted by atomic mass is 35.5. The number of hydrogen-bond donors (Lipinski definition) is 1. The van der Waals surface area contributed by atoms with Crippen molar-refractivity contribution in [1.29, 1.82) is 0 Å². The zero-order valence-corrected chi connectivity index (χ0v) is 15.8. The highest BCUT2D eigenvalue weighted by Crippen LogP contribution is 2.29. The molecule has 0 saturated heterocycles. The van der Waals surface area contributed by atoms with Gasteiger partial charge in [-0.25, -0.2) is 4.98 Å². The second-order valence-corrected chi connectivity index (χ2v) is 7.01. The Labute approximate surface area is 161 Å². The van der Waals surface area contributed by atoms with Gasteiger partial charge in [0.05, 0.1) is 16.2 Å². The molecule has 4 rings (SSSR count). The Morgan fingerprint density at radius 2 is 1.69 bits per heavy atom. The van der Waals surface area contributed by atoms with E-state index in [1.165, 1.54) is 5.56 Å². The van der Waals surface area contributed by atoms with Crippen molar-refractivity contribution in [1.82, 2.24) is 14.6 Å². The van der Waals surface area contributed by atoms with Gasteiger partial charge in [-0.1, -0.05) is 53.0 Å². The van der Waals surface area contributed by atoms with E-state index in [-0.39, 0.29) is 0 Å². The molecule has 26 heavy (non-hydrogen) atoms. The predicted molar refractivity (Wildman–Crippen MR) is 108 cm³/mol. The van der Waals surface area contributed by atoms with Crippen molar-refractivity contribution >= 4 is 40.4 Å². The standard InChI is InChI=1S/C20H16Cl2N4/c1-12-3-5-14(6-4-12)16-11-23-26-19(9-13(2)24-20(16)26)25-15-7-8-17(21)18(22)10-15/h3-11,25H,1-2H3. The molecule has 6 heteroatoms. The van der Waals surface area contributed by atoms with Gasteiger partial charge in [-0.3, -0.25) is 0 Å². The summed E-state index contributed by atoms with van der Waals surface area (Å²) in [6, 6.07) is 15.7. The van der Waals surface area contributed by atoms with E-state index in [1.54, 1.807) is 16.6 Å². The highest BCUT2D eigenvalue weighted by Gasteiger charge is 2.12. The molecule has 0 aliphatic carbocycles. The van der Waals surface area contributed by atoms with Gasteiger partial charge in [0.2, 0.25) is 0 Å². The molecule has 0 bridgehead atoms. The molecule has 1 N–H and O–H groups in total. The number of fused-ring (bicyclic) bond motifs is 1. The van der Waals surface area contributed by atoms with E-state index >= 15 is 0 Å². The zero-order chi connectivity index (χ0) is 18.3. The number of benzene rings is 2. The van der Waals surface area contributed by atoms with Crippen molar-refractivity contribution in [2.75, 3.05) is 5.32 Å². The summed E-state index contributed by atoms with van der Waals surface area (Å²) in [6.07, 6.45) is 1.84. The summed E-state index contributed by atoms with van der Waals surface area (Å²) in [7, 11) is 0. The number of hydrogen-bond acceptors (Lipinski definition) is 3.